The average Bonchev–Trinajstić information content (AvgIpc) is 3.34. The van der Waals surface area contributed by atoms with Crippen molar-refractivity contribution >= 4 is 48.2 Å². The van der Waals surface area contributed by atoms with Crippen LogP contribution < -0.4 is 15.0 Å². The number of nitrogens with one attached hydrogen (secondary N) is 1. The molecule has 0 saturated carbocycles. The van der Waals surface area contributed by atoms with Gasteiger partial charge in [-0.25, -0.2) is 20.8 Å². The number of ether oxygens (including phenoxy) is 2. The fourth-order valence-corrected chi connectivity index (χ4v) is 9.60. The first-order valence-corrected chi connectivity index (χ1v) is 17.7. The lowest BCUT2D eigenvalue weighted by molar-refractivity contribution is -0.122. The number of rotatable bonds is 7. The number of amides is 1. The predicted molar refractivity (Wildman–Crippen MR) is 170 cm³/mol. The van der Waals surface area contributed by atoms with Crippen LogP contribution in [0.2, 0.25) is 0 Å². The van der Waals surface area contributed by atoms with E-state index in [4.69, 9.17) is 9.47 Å². The van der Waals surface area contributed by atoms with Crippen LogP contribution in [0.25, 0.3) is 10.9 Å². The summed E-state index contributed by atoms with van der Waals surface area (Å²) in [6.07, 6.45) is 0.281. The van der Waals surface area contributed by atoms with Crippen molar-refractivity contribution in [2.75, 3.05) is 43.1 Å². The van der Waals surface area contributed by atoms with E-state index in [0.29, 0.717) is 36.8 Å². The van der Waals surface area contributed by atoms with Crippen LogP contribution in [0.3, 0.4) is 0 Å². The van der Waals surface area contributed by atoms with Crippen LogP contribution in [-0.4, -0.2) is 76.0 Å². The molecule has 2 saturated heterocycles. The monoisotopic (exact) mass is 661 g/mol. The Labute approximate surface area is 266 Å². The van der Waals surface area contributed by atoms with E-state index in [2.05, 4.69) is 10.2 Å². The first-order chi connectivity index (χ1) is 22.0. The second-order valence-corrected chi connectivity index (χ2v) is 15.4. The highest BCUT2D eigenvalue weighted by atomic mass is 32.2. The summed E-state index contributed by atoms with van der Waals surface area (Å²) in [6, 6.07) is 17.0. The van der Waals surface area contributed by atoms with Gasteiger partial charge in [0.2, 0.25) is 15.9 Å². The molecule has 3 aliphatic rings. The SMILES string of the molecule is Cc1ccc(S(=O)(=O)n2c(C#N)cc3cc(C)cc(S(=O)(=O)N4CC[C@H]4C(=O)Nc4ccc5c(c4)OCCN5C4COC4)c32)cc1. The van der Waals surface area contributed by atoms with Gasteiger partial charge in [-0.2, -0.15) is 9.57 Å². The summed E-state index contributed by atoms with van der Waals surface area (Å²) in [6.45, 7) is 6.10. The molecule has 12 nitrogen and oxygen atoms in total. The molecule has 14 heteroatoms. The lowest BCUT2D eigenvalue weighted by Gasteiger charge is -2.41. The molecule has 0 unspecified atom stereocenters. The van der Waals surface area contributed by atoms with E-state index in [9.17, 15) is 26.9 Å². The average molecular weight is 662 g/mol. The zero-order valence-electron chi connectivity index (χ0n) is 25.1. The highest BCUT2D eigenvalue weighted by Crippen LogP contribution is 2.38. The maximum Gasteiger partial charge on any atom is 0.269 e. The minimum atomic E-state index is -4.40. The van der Waals surface area contributed by atoms with Crippen LogP contribution in [-0.2, 0) is 29.6 Å². The zero-order valence-corrected chi connectivity index (χ0v) is 26.8. The number of aryl methyl sites for hydroxylation is 2. The number of hydrogen-bond acceptors (Lipinski definition) is 9. The van der Waals surface area contributed by atoms with Crippen molar-refractivity contribution in [1.82, 2.24) is 8.28 Å². The van der Waals surface area contributed by atoms with Gasteiger partial charge in [-0.3, -0.25) is 4.79 Å². The number of hydrogen-bond donors (Lipinski definition) is 1. The molecule has 2 fully saturated rings. The summed E-state index contributed by atoms with van der Waals surface area (Å²) in [5.41, 5.74) is 2.41. The molecule has 0 spiro atoms. The van der Waals surface area contributed by atoms with Crippen molar-refractivity contribution in [3.63, 3.8) is 0 Å². The summed E-state index contributed by atoms with van der Waals surface area (Å²) in [4.78, 5) is 15.3. The molecular formula is C32H31N5O7S2. The lowest BCUT2D eigenvalue weighted by atomic mass is 10.1. The van der Waals surface area contributed by atoms with E-state index < -0.39 is 32.0 Å². The Morgan fingerprint density at radius 1 is 0.935 bits per heavy atom. The number of carbonyl (C=O) groups is 1. The van der Waals surface area contributed by atoms with Crippen LogP contribution in [0.4, 0.5) is 11.4 Å². The largest absolute Gasteiger partial charge is 0.489 e. The first kappa shape index (κ1) is 30.2. The molecule has 0 bridgehead atoms. The Bertz CT molecular complexity index is 2150. The lowest BCUT2D eigenvalue weighted by Crippen LogP contribution is -2.56. The summed E-state index contributed by atoms with van der Waals surface area (Å²) in [5.74, 6) is 0.110. The van der Waals surface area contributed by atoms with Gasteiger partial charge in [0.1, 0.15) is 35.1 Å². The maximum absolute atomic E-state index is 14.3. The van der Waals surface area contributed by atoms with E-state index in [1.807, 2.05) is 19.1 Å². The molecule has 4 aromatic rings. The number of fused-ring (bicyclic) bond motifs is 2. The van der Waals surface area contributed by atoms with Gasteiger partial charge in [-0.1, -0.05) is 17.7 Å². The minimum Gasteiger partial charge on any atom is -0.489 e. The molecule has 46 heavy (non-hydrogen) atoms. The molecule has 3 aromatic carbocycles. The van der Waals surface area contributed by atoms with Crippen molar-refractivity contribution in [1.29, 1.82) is 5.26 Å². The number of sulfonamides is 1. The van der Waals surface area contributed by atoms with Gasteiger partial charge in [0, 0.05) is 23.7 Å². The number of nitriles is 1. The third kappa shape index (κ3) is 4.91. The summed E-state index contributed by atoms with van der Waals surface area (Å²) < 4.78 is 69.3. The van der Waals surface area contributed by atoms with Crippen LogP contribution in [0.5, 0.6) is 5.75 Å². The van der Waals surface area contributed by atoms with Gasteiger partial charge in [-0.15, -0.1) is 0 Å². The predicted octanol–water partition coefficient (Wildman–Crippen LogP) is 3.37. The molecule has 0 radical (unpaired) electrons. The quantitative estimate of drug-likeness (QED) is 0.314. The molecule has 1 N–H and O–H groups in total. The summed E-state index contributed by atoms with van der Waals surface area (Å²) in [7, 11) is -8.77. The van der Waals surface area contributed by atoms with E-state index in [1.165, 1.54) is 24.3 Å². The molecular weight excluding hydrogens is 631 g/mol. The van der Waals surface area contributed by atoms with Crippen LogP contribution in [0, 0.1) is 25.2 Å². The van der Waals surface area contributed by atoms with Crippen LogP contribution in [0.1, 0.15) is 23.2 Å². The molecule has 7 rings (SSSR count). The molecule has 1 aromatic heterocycles. The fraction of sp³-hybridized carbons (Fsp3) is 0.312. The summed E-state index contributed by atoms with van der Waals surface area (Å²) in [5, 5.41) is 13.0. The fourth-order valence-electron chi connectivity index (χ4n) is 6.13. The number of benzene rings is 3. The smallest absolute Gasteiger partial charge is 0.269 e. The summed E-state index contributed by atoms with van der Waals surface area (Å²) >= 11 is 0. The molecule has 1 amide bonds. The minimum absolute atomic E-state index is 0.0676. The number of anilines is 2. The Hall–Kier alpha value is -4.42. The second kappa shape index (κ2) is 11.1. The van der Waals surface area contributed by atoms with E-state index in [1.54, 1.807) is 37.3 Å². The van der Waals surface area contributed by atoms with Gasteiger partial charge < -0.3 is 19.7 Å². The van der Waals surface area contributed by atoms with Crippen molar-refractivity contribution in [2.24, 2.45) is 0 Å². The van der Waals surface area contributed by atoms with E-state index in [0.717, 1.165) is 26.1 Å². The first-order valence-electron chi connectivity index (χ1n) is 14.8. The molecule has 4 heterocycles. The van der Waals surface area contributed by atoms with Crippen molar-refractivity contribution in [3.05, 3.63) is 77.5 Å². The molecule has 1 atom stereocenters. The number of carbonyl (C=O) groups excluding carboxylic acids is 1. The highest BCUT2D eigenvalue weighted by molar-refractivity contribution is 7.90. The normalized spacial score (nSPS) is 18.6. The third-order valence-electron chi connectivity index (χ3n) is 8.68. The topological polar surface area (TPSA) is 151 Å². The zero-order chi connectivity index (χ0) is 32.4. The number of aromatic nitrogens is 1. The maximum atomic E-state index is 14.3. The number of nitrogens with zero attached hydrogens (tertiary/aromatic N) is 4. The van der Waals surface area contributed by atoms with Crippen molar-refractivity contribution in [3.8, 4) is 11.8 Å². The molecule has 0 aliphatic carbocycles. The van der Waals surface area contributed by atoms with Crippen molar-refractivity contribution in [2.45, 2.75) is 42.1 Å². The van der Waals surface area contributed by atoms with Crippen molar-refractivity contribution < 1.29 is 31.1 Å². The van der Waals surface area contributed by atoms with Gasteiger partial charge in [0.05, 0.1) is 41.9 Å². The van der Waals surface area contributed by atoms with Gasteiger partial charge in [0.25, 0.3) is 10.0 Å². The highest BCUT2D eigenvalue weighted by Gasteiger charge is 2.44. The molecule has 3 aliphatic heterocycles. The van der Waals surface area contributed by atoms with Gasteiger partial charge >= 0.3 is 0 Å². The van der Waals surface area contributed by atoms with Gasteiger partial charge in [0.15, 0.2) is 0 Å². The Balaban J connectivity index is 1.22. The third-order valence-corrected chi connectivity index (χ3v) is 12.3. The Kier molecular flexibility index (Phi) is 7.32. The Morgan fingerprint density at radius 3 is 2.35 bits per heavy atom. The standard InChI is InChI=1S/C32H31N5O7S2/c1-20-3-6-26(7-4-20)45(39,40)37-24(17-33)15-22-13-21(2)14-30(31(22)37)46(41,42)36-10-9-28(36)32(38)34-23-5-8-27-29(16-23)44-12-11-35(27)25-18-43-19-25/h3-8,13-16,25,28H,9-12,18-19H2,1-2H3,(H,34,38)/t28-/m0/s1. The van der Waals surface area contributed by atoms with E-state index >= 15 is 0 Å². The van der Waals surface area contributed by atoms with Crippen LogP contribution in [0.15, 0.2) is 70.5 Å². The Morgan fingerprint density at radius 2 is 1.70 bits per heavy atom. The second-order valence-electron chi connectivity index (χ2n) is 11.7. The van der Waals surface area contributed by atoms with Gasteiger partial charge in [-0.05, 0) is 68.3 Å². The molecule has 238 valence electrons. The van der Waals surface area contributed by atoms with E-state index in [-0.39, 0.29) is 45.4 Å². The van der Waals surface area contributed by atoms with Crippen LogP contribution >= 0.6 is 0 Å².